The predicted molar refractivity (Wildman–Crippen MR) is 90.5 cm³/mol. The summed E-state index contributed by atoms with van der Waals surface area (Å²) in [6.45, 7) is 1.91. The van der Waals surface area contributed by atoms with Crippen molar-refractivity contribution in [1.82, 2.24) is 4.90 Å². The van der Waals surface area contributed by atoms with E-state index in [1.807, 2.05) is 30.3 Å². The van der Waals surface area contributed by atoms with E-state index in [4.69, 9.17) is 11.5 Å². The molecule has 4 N–H and O–H groups in total. The Morgan fingerprint density at radius 3 is 2.46 bits per heavy atom. The van der Waals surface area contributed by atoms with Gasteiger partial charge >= 0.3 is 0 Å². The molecule has 0 saturated carbocycles. The van der Waals surface area contributed by atoms with Crippen LogP contribution in [-0.4, -0.2) is 23.3 Å². The number of nitrogens with zero attached hydrogens (tertiary/aromatic N) is 1. The largest absolute Gasteiger partial charge is 0.399 e. The van der Waals surface area contributed by atoms with Gasteiger partial charge in [-0.05, 0) is 30.2 Å². The third-order valence-corrected chi connectivity index (χ3v) is 3.64. The summed E-state index contributed by atoms with van der Waals surface area (Å²) in [5.74, 6) is -1.65. The monoisotopic (exact) mass is 329 g/mol. The van der Waals surface area contributed by atoms with E-state index in [0.717, 1.165) is 5.56 Å². The van der Waals surface area contributed by atoms with Crippen molar-refractivity contribution in [3.05, 3.63) is 65.0 Å². The van der Waals surface area contributed by atoms with Crippen molar-refractivity contribution >= 4 is 17.5 Å². The van der Waals surface area contributed by atoms with E-state index in [9.17, 15) is 14.0 Å². The third-order valence-electron chi connectivity index (χ3n) is 3.64. The number of primary amides is 1. The fourth-order valence-corrected chi connectivity index (χ4v) is 2.42. The van der Waals surface area contributed by atoms with Crippen molar-refractivity contribution in [1.29, 1.82) is 0 Å². The zero-order valence-corrected chi connectivity index (χ0v) is 13.5. The molecule has 0 spiro atoms. The van der Waals surface area contributed by atoms with Gasteiger partial charge in [0.1, 0.15) is 5.82 Å². The molecule has 24 heavy (non-hydrogen) atoms. The number of hydrogen-bond donors (Lipinski definition) is 2. The molecule has 0 atom stereocenters. The average Bonchev–Trinajstić information content (AvgIpc) is 2.55. The number of carbonyl (C=O) groups is 2. The van der Waals surface area contributed by atoms with Crippen LogP contribution >= 0.6 is 0 Å². The molecule has 2 rings (SSSR count). The fourth-order valence-electron chi connectivity index (χ4n) is 2.42. The Bertz CT molecular complexity index is 747. The van der Waals surface area contributed by atoms with Crippen molar-refractivity contribution in [2.45, 2.75) is 19.9 Å². The van der Waals surface area contributed by atoms with Crippen LogP contribution in [-0.2, 0) is 11.3 Å². The Morgan fingerprint density at radius 2 is 1.83 bits per heavy atom. The molecule has 0 fully saturated rings. The Hall–Kier alpha value is -2.89. The lowest BCUT2D eigenvalue weighted by Crippen LogP contribution is -2.34. The number of carbonyl (C=O) groups excluding carboxylic acids is 2. The third kappa shape index (κ3) is 4.32. The molecule has 0 unspecified atom stereocenters. The summed E-state index contributed by atoms with van der Waals surface area (Å²) >= 11 is 0. The highest BCUT2D eigenvalue weighted by atomic mass is 19.1. The molecular formula is C18H20FN3O2. The van der Waals surface area contributed by atoms with Gasteiger partial charge in [-0.2, -0.15) is 0 Å². The predicted octanol–water partition coefficient (Wildman–Crippen LogP) is 2.23. The second kappa shape index (κ2) is 7.59. The number of anilines is 1. The Labute approximate surface area is 140 Å². The van der Waals surface area contributed by atoms with Gasteiger partial charge in [-0.25, -0.2) is 4.39 Å². The van der Waals surface area contributed by atoms with Crippen LogP contribution in [0, 0.1) is 12.7 Å². The molecule has 6 heteroatoms. The lowest BCUT2D eigenvalue weighted by molar-refractivity contribution is -0.118. The zero-order valence-electron chi connectivity index (χ0n) is 13.5. The zero-order chi connectivity index (χ0) is 17.7. The van der Waals surface area contributed by atoms with Crippen molar-refractivity contribution < 1.29 is 14.0 Å². The summed E-state index contributed by atoms with van der Waals surface area (Å²) < 4.78 is 14.3. The minimum atomic E-state index is -0.605. The molecule has 0 heterocycles. The van der Waals surface area contributed by atoms with E-state index in [2.05, 4.69) is 0 Å². The normalized spacial score (nSPS) is 10.4. The summed E-state index contributed by atoms with van der Waals surface area (Å²) in [5, 5.41) is 0. The SMILES string of the molecule is Cc1cc(N)cc(C(=O)N(CCC(N)=O)Cc2ccccc2)c1F. The topological polar surface area (TPSA) is 89.4 Å². The Morgan fingerprint density at radius 1 is 1.17 bits per heavy atom. The van der Waals surface area contributed by atoms with Gasteiger partial charge in [0.2, 0.25) is 5.91 Å². The van der Waals surface area contributed by atoms with Gasteiger partial charge < -0.3 is 16.4 Å². The second-order valence-corrected chi connectivity index (χ2v) is 5.63. The molecular weight excluding hydrogens is 309 g/mol. The molecule has 0 aliphatic rings. The van der Waals surface area contributed by atoms with Gasteiger partial charge in [-0.3, -0.25) is 9.59 Å². The molecule has 5 nitrogen and oxygen atoms in total. The maximum atomic E-state index is 14.3. The van der Waals surface area contributed by atoms with Crippen LogP contribution in [0.25, 0.3) is 0 Å². The average molecular weight is 329 g/mol. The van der Waals surface area contributed by atoms with Gasteiger partial charge in [-0.1, -0.05) is 30.3 Å². The first-order chi connectivity index (χ1) is 11.4. The first-order valence-corrected chi connectivity index (χ1v) is 7.55. The second-order valence-electron chi connectivity index (χ2n) is 5.63. The van der Waals surface area contributed by atoms with Gasteiger partial charge in [0, 0.05) is 25.2 Å². The quantitative estimate of drug-likeness (QED) is 0.796. The van der Waals surface area contributed by atoms with Gasteiger partial charge in [0.05, 0.1) is 5.56 Å². The number of halogens is 1. The molecule has 126 valence electrons. The first-order valence-electron chi connectivity index (χ1n) is 7.55. The standard InChI is InChI=1S/C18H20FN3O2/c1-12-9-14(20)10-15(17(12)19)18(24)22(8-7-16(21)23)11-13-5-3-2-4-6-13/h2-6,9-10H,7-8,11,20H2,1H3,(H2,21,23). The van der Waals surface area contributed by atoms with Crippen LogP contribution in [0.3, 0.4) is 0 Å². The Kier molecular flexibility index (Phi) is 5.52. The van der Waals surface area contributed by atoms with Gasteiger partial charge in [0.25, 0.3) is 5.91 Å². The highest BCUT2D eigenvalue weighted by molar-refractivity contribution is 5.95. The maximum absolute atomic E-state index is 14.3. The minimum Gasteiger partial charge on any atom is -0.399 e. The number of benzene rings is 2. The fraction of sp³-hybridized carbons (Fsp3) is 0.222. The smallest absolute Gasteiger partial charge is 0.257 e. The highest BCUT2D eigenvalue weighted by Crippen LogP contribution is 2.20. The van der Waals surface area contributed by atoms with Crippen LogP contribution in [0.4, 0.5) is 10.1 Å². The molecule has 0 aliphatic carbocycles. The van der Waals surface area contributed by atoms with Crippen LogP contribution in [0.1, 0.15) is 27.9 Å². The number of nitrogen functional groups attached to an aromatic ring is 1. The van der Waals surface area contributed by atoms with Crippen molar-refractivity contribution in [3.63, 3.8) is 0 Å². The van der Waals surface area contributed by atoms with Gasteiger partial charge in [0.15, 0.2) is 0 Å². The number of nitrogens with two attached hydrogens (primary N) is 2. The first kappa shape index (κ1) is 17.5. The lowest BCUT2D eigenvalue weighted by Gasteiger charge is -2.23. The molecule has 0 aromatic heterocycles. The van der Waals surface area contributed by atoms with E-state index in [0.29, 0.717) is 11.3 Å². The van der Waals surface area contributed by atoms with Crippen molar-refractivity contribution in [2.24, 2.45) is 5.73 Å². The summed E-state index contributed by atoms with van der Waals surface area (Å²) in [6, 6.07) is 12.0. The van der Waals surface area contributed by atoms with Crippen LogP contribution in [0.2, 0.25) is 0 Å². The number of rotatable bonds is 6. The van der Waals surface area contributed by atoms with E-state index in [1.165, 1.54) is 17.0 Å². The summed E-state index contributed by atoms with van der Waals surface area (Å²) in [7, 11) is 0. The van der Waals surface area contributed by atoms with Crippen LogP contribution in [0.15, 0.2) is 42.5 Å². The summed E-state index contributed by atoms with van der Waals surface area (Å²) in [4.78, 5) is 25.2. The molecule has 2 amide bonds. The lowest BCUT2D eigenvalue weighted by atomic mass is 10.1. The maximum Gasteiger partial charge on any atom is 0.257 e. The summed E-state index contributed by atoms with van der Waals surface area (Å²) in [6.07, 6.45) is 0.00148. The summed E-state index contributed by atoms with van der Waals surface area (Å²) in [5.41, 5.74) is 12.3. The molecule has 0 aliphatic heterocycles. The Balaban J connectivity index is 2.31. The highest BCUT2D eigenvalue weighted by Gasteiger charge is 2.21. The van der Waals surface area contributed by atoms with Crippen molar-refractivity contribution in [3.8, 4) is 0 Å². The number of aryl methyl sites for hydroxylation is 1. The molecule has 0 bridgehead atoms. The minimum absolute atomic E-state index is 0.00148. The molecule has 2 aromatic carbocycles. The molecule has 0 radical (unpaired) electrons. The number of hydrogen-bond acceptors (Lipinski definition) is 3. The van der Waals surface area contributed by atoms with Crippen LogP contribution < -0.4 is 11.5 Å². The molecule has 0 saturated heterocycles. The molecule has 2 aromatic rings. The van der Waals surface area contributed by atoms with E-state index < -0.39 is 17.6 Å². The van der Waals surface area contributed by atoms with E-state index >= 15 is 0 Å². The van der Waals surface area contributed by atoms with Crippen molar-refractivity contribution in [2.75, 3.05) is 12.3 Å². The number of amides is 2. The van der Waals surface area contributed by atoms with E-state index in [-0.39, 0.29) is 25.1 Å². The van der Waals surface area contributed by atoms with Crippen LogP contribution in [0.5, 0.6) is 0 Å². The van der Waals surface area contributed by atoms with E-state index in [1.54, 1.807) is 6.92 Å². The van der Waals surface area contributed by atoms with Gasteiger partial charge in [-0.15, -0.1) is 0 Å².